The quantitative estimate of drug-likeness (QED) is 0.0321. The Labute approximate surface area is 418 Å². The first-order valence-corrected chi connectivity index (χ1v) is 30.1. The van der Waals surface area contributed by atoms with Gasteiger partial charge in [-0.05, 0) is 57.8 Å². The molecule has 396 valence electrons. The van der Waals surface area contributed by atoms with Crippen molar-refractivity contribution >= 4 is 11.9 Å². The summed E-state index contributed by atoms with van der Waals surface area (Å²) in [6.07, 6.45) is 69.2. The maximum atomic E-state index is 12.5. The monoisotopic (exact) mass is 944 g/mol. The maximum Gasteiger partial charge on any atom is 0.305 e. The molecule has 6 nitrogen and oxygen atoms in total. The number of nitrogens with one attached hydrogen (secondary N) is 1. The smallest absolute Gasteiger partial charge is 0.305 e. The van der Waals surface area contributed by atoms with Gasteiger partial charge in [-0.15, -0.1) is 0 Å². The third-order valence-electron chi connectivity index (χ3n) is 14.0. The summed E-state index contributed by atoms with van der Waals surface area (Å²) in [5.41, 5.74) is 0. The molecule has 0 saturated heterocycles. The van der Waals surface area contributed by atoms with Crippen LogP contribution in [-0.2, 0) is 14.3 Å². The lowest BCUT2D eigenvalue weighted by atomic mass is 10.0. The van der Waals surface area contributed by atoms with Gasteiger partial charge in [-0.3, -0.25) is 9.59 Å². The SMILES string of the molecule is CCCCCCCCCCCCCCCC/C=C/C(O)C(CO)NC(=O)CCCCCCC/C=C\CCCCCCCCCCCOC(=O)CCCCCCCCCCCCCCCCCC. The fourth-order valence-corrected chi connectivity index (χ4v) is 9.34. The number of aliphatic hydroxyl groups excluding tert-OH is 2. The number of aliphatic hydroxyl groups is 2. The van der Waals surface area contributed by atoms with Crippen LogP contribution in [0.4, 0.5) is 0 Å². The number of rotatable bonds is 56. The molecule has 0 aliphatic heterocycles. The Bertz CT molecular complexity index is 1040. The van der Waals surface area contributed by atoms with Crippen LogP contribution in [0.3, 0.4) is 0 Å². The van der Waals surface area contributed by atoms with E-state index in [9.17, 15) is 19.8 Å². The summed E-state index contributed by atoms with van der Waals surface area (Å²) in [7, 11) is 0. The summed E-state index contributed by atoms with van der Waals surface area (Å²) < 4.78 is 5.48. The van der Waals surface area contributed by atoms with Crippen molar-refractivity contribution in [3.8, 4) is 0 Å². The molecule has 0 aromatic heterocycles. The topological polar surface area (TPSA) is 95.9 Å². The van der Waals surface area contributed by atoms with E-state index in [1.54, 1.807) is 6.08 Å². The van der Waals surface area contributed by atoms with Crippen LogP contribution in [-0.4, -0.2) is 47.4 Å². The lowest BCUT2D eigenvalue weighted by molar-refractivity contribution is -0.143. The zero-order valence-electron chi connectivity index (χ0n) is 45.1. The first-order valence-electron chi connectivity index (χ1n) is 30.1. The van der Waals surface area contributed by atoms with Gasteiger partial charge in [0.2, 0.25) is 5.91 Å². The number of carbonyl (C=O) groups excluding carboxylic acids is 2. The van der Waals surface area contributed by atoms with Gasteiger partial charge in [-0.2, -0.15) is 0 Å². The van der Waals surface area contributed by atoms with Crippen LogP contribution in [0.2, 0.25) is 0 Å². The van der Waals surface area contributed by atoms with Gasteiger partial charge >= 0.3 is 5.97 Å². The number of unbranched alkanes of at least 4 members (excludes halogenated alkanes) is 43. The van der Waals surface area contributed by atoms with Crippen molar-refractivity contribution < 1.29 is 24.5 Å². The first kappa shape index (κ1) is 65.3. The molecular formula is C61H117NO5. The molecule has 6 heteroatoms. The van der Waals surface area contributed by atoms with Crippen LogP contribution in [0, 0.1) is 0 Å². The van der Waals surface area contributed by atoms with E-state index < -0.39 is 12.1 Å². The molecule has 3 N–H and O–H groups in total. The highest BCUT2D eigenvalue weighted by Crippen LogP contribution is 2.17. The molecule has 67 heavy (non-hydrogen) atoms. The van der Waals surface area contributed by atoms with Gasteiger partial charge in [0.1, 0.15) is 0 Å². The Kier molecular flexibility index (Phi) is 55.5. The van der Waals surface area contributed by atoms with E-state index in [1.165, 1.54) is 244 Å². The second kappa shape index (κ2) is 56.9. The number of hydrogen-bond donors (Lipinski definition) is 3. The Hall–Kier alpha value is -1.66. The molecular weight excluding hydrogens is 827 g/mol. The zero-order valence-corrected chi connectivity index (χ0v) is 45.1. The van der Waals surface area contributed by atoms with Crippen molar-refractivity contribution in [3.05, 3.63) is 24.3 Å². The lowest BCUT2D eigenvalue weighted by Gasteiger charge is -2.20. The third-order valence-corrected chi connectivity index (χ3v) is 14.0. The van der Waals surface area contributed by atoms with Gasteiger partial charge in [0.25, 0.3) is 0 Å². The number of esters is 1. The second-order valence-corrected chi connectivity index (χ2v) is 20.7. The standard InChI is InChI=1S/C61H117NO5/c1-3-5-7-9-11-13-15-17-19-25-29-33-37-41-45-49-53-59(64)58(57-63)62-60(65)54-50-46-42-38-34-30-26-23-21-22-24-28-32-36-40-44-48-52-56-67-61(66)55-51-47-43-39-35-31-27-20-18-16-14-12-10-8-6-4-2/h23,26,49,53,58-59,63-64H,3-22,24-25,27-48,50-52,54-57H2,1-2H3,(H,62,65)/b26-23-,53-49+. The van der Waals surface area contributed by atoms with Crippen molar-refractivity contribution in [3.63, 3.8) is 0 Å². The van der Waals surface area contributed by atoms with E-state index >= 15 is 0 Å². The Morgan fingerprint density at radius 2 is 0.701 bits per heavy atom. The highest BCUT2D eigenvalue weighted by Gasteiger charge is 2.18. The average molecular weight is 945 g/mol. The number of allylic oxidation sites excluding steroid dienone is 3. The summed E-state index contributed by atoms with van der Waals surface area (Å²) in [6, 6.07) is -0.637. The summed E-state index contributed by atoms with van der Waals surface area (Å²) in [5.74, 6) is -0.0747. The summed E-state index contributed by atoms with van der Waals surface area (Å²) in [5, 5.41) is 23.1. The fraction of sp³-hybridized carbons (Fsp3) is 0.902. The van der Waals surface area contributed by atoms with Crippen LogP contribution >= 0.6 is 0 Å². The molecule has 0 saturated carbocycles. The number of amides is 1. The van der Waals surface area contributed by atoms with Crippen LogP contribution in [0.25, 0.3) is 0 Å². The van der Waals surface area contributed by atoms with Crippen LogP contribution in [0.1, 0.15) is 328 Å². The number of hydrogen-bond acceptors (Lipinski definition) is 5. The molecule has 2 atom stereocenters. The predicted octanol–water partition coefficient (Wildman–Crippen LogP) is 18.6. The van der Waals surface area contributed by atoms with Gasteiger partial charge in [0.05, 0.1) is 25.4 Å². The highest BCUT2D eigenvalue weighted by atomic mass is 16.5. The number of ether oxygens (including phenoxy) is 1. The first-order chi connectivity index (χ1) is 33.0. The van der Waals surface area contributed by atoms with Crippen LogP contribution in [0.15, 0.2) is 24.3 Å². The molecule has 0 aliphatic rings. The normalized spacial score (nSPS) is 12.7. The van der Waals surface area contributed by atoms with E-state index in [1.807, 2.05) is 6.08 Å². The molecule has 2 unspecified atom stereocenters. The summed E-state index contributed by atoms with van der Waals surface area (Å²) in [6.45, 7) is 4.91. The van der Waals surface area contributed by atoms with Crippen LogP contribution < -0.4 is 5.32 Å². The molecule has 0 aliphatic carbocycles. The molecule has 0 fully saturated rings. The van der Waals surface area contributed by atoms with Gasteiger partial charge < -0.3 is 20.3 Å². The Morgan fingerprint density at radius 3 is 1.06 bits per heavy atom. The fourth-order valence-electron chi connectivity index (χ4n) is 9.34. The van der Waals surface area contributed by atoms with E-state index in [-0.39, 0.29) is 18.5 Å². The maximum absolute atomic E-state index is 12.5. The van der Waals surface area contributed by atoms with Gasteiger partial charge in [0.15, 0.2) is 0 Å². The van der Waals surface area contributed by atoms with Crippen molar-refractivity contribution in [2.75, 3.05) is 13.2 Å². The van der Waals surface area contributed by atoms with E-state index in [0.29, 0.717) is 19.4 Å². The van der Waals surface area contributed by atoms with Crippen molar-refractivity contribution in [2.45, 2.75) is 341 Å². The molecule has 0 aromatic rings. The summed E-state index contributed by atoms with van der Waals surface area (Å²) in [4.78, 5) is 24.5. The average Bonchev–Trinajstić information content (AvgIpc) is 3.33. The zero-order chi connectivity index (χ0) is 48.6. The van der Waals surface area contributed by atoms with Gasteiger partial charge in [0, 0.05) is 12.8 Å². The molecule has 0 heterocycles. The predicted molar refractivity (Wildman–Crippen MR) is 292 cm³/mol. The summed E-state index contributed by atoms with van der Waals surface area (Å²) >= 11 is 0. The van der Waals surface area contributed by atoms with Crippen molar-refractivity contribution in [2.24, 2.45) is 0 Å². The minimum absolute atomic E-state index is 0.00584. The third kappa shape index (κ3) is 53.5. The largest absolute Gasteiger partial charge is 0.466 e. The van der Waals surface area contributed by atoms with Gasteiger partial charge in [-0.1, -0.05) is 282 Å². The van der Waals surface area contributed by atoms with E-state index in [4.69, 9.17) is 4.74 Å². The molecule has 0 aromatic carbocycles. The molecule has 1 amide bonds. The number of carbonyl (C=O) groups is 2. The minimum atomic E-state index is -0.853. The Morgan fingerprint density at radius 1 is 0.403 bits per heavy atom. The second-order valence-electron chi connectivity index (χ2n) is 20.7. The minimum Gasteiger partial charge on any atom is -0.466 e. The molecule has 0 bridgehead atoms. The Balaban J connectivity index is 3.46. The molecule has 0 radical (unpaired) electrons. The van der Waals surface area contributed by atoms with Crippen molar-refractivity contribution in [1.29, 1.82) is 0 Å². The highest BCUT2D eigenvalue weighted by molar-refractivity contribution is 5.76. The van der Waals surface area contributed by atoms with E-state index in [2.05, 4.69) is 31.3 Å². The lowest BCUT2D eigenvalue weighted by Crippen LogP contribution is -2.45. The molecule has 0 spiro atoms. The van der Waals surface area contributed by atoms with Crippen LogP contribution in [0.5, 0.6) is 0 Å². The van der Waals surface area contributed by atoms with Gasteiger partial charge in [-0.25, -0.2) is 0 Å². The van der Waals surface area contributed by atoms with E-state index in [0.717, 1.165) is 57.8 Å². The van der Waals surface area contributed by atoms with Crippen molar-refractivity contribution in [1.82, 2.24) is 5.32 Å². The molecule has 0 rings (SSSR count).